The number of rotatable bonds is 4. The Bertz CT molecular complexity index is 1060. The lowest BCUT2D eigenvalue weighted by Crippen LogP contribution is -2.37. The fourth-order valence-electron chi connectivity index (χ4n) is 3.31. The molecule has 0 bridgehead atoms. The number of thioether (sulfide) groups is 1. The van der Waals surface area contributed by atoms with Crippen LogP contribution in [0, 0.1) is 0 Å². The zero-order valence-electron chi connectivity index (χ0n) is 15.4. The molecule has 2 aliphatic rings. The summed E-state index contributed by atoms with van der Waals surface area (Å²) in [5, 5.41) is 9.77. The molecule has 0 saturated carbocycles. The van der Waals surface area contributed by atoms with E-state index in [-0.39, 0.29) is 10.4 Å². The van der Waals surface area contributed by atoms with Crippen molar-refractivity contribution in [3.63, 3.8) is 0 Å². The molecular weight excluding hydrogens is 406 g/mol. The largest absolute Gasteiger partial charge is 0.485 e. The molecule has 2 aliphatic heterocycles. The van der Waals surface area contributed by atoms with Crippen molar-refractivity contribution in [2.45, 2.75) is 19.1 Å². The van der Waals surface area contributed by atoms with Crippen molar-refractivity contribution in [3.05, 3.63) is 82.3 Å². The van der Waals surface area contributed by atoms with Gasteiger partial charge in [0.2, 0.25) is 0 Å². The quantitative estimate of drug-likeness (QED) is 0.580. The summed E-state index contributed by atoms with van der Waals surface area (Å²) in [5.41, 5.74) is 2.26. The number of carbonyl (C=O) groups is 2. The first-order valence-corrected chi connectivity index (χ1v) is 10.2. The number of thiocarbonyl (C=S) groups is 1. The average Bonchev–Trinajstić information content (AvgIpc) is 2.97. The Kier molecular flexibility index (Phi) is 5.25. The number of carboxylic acids is 1. The van der Waals surface area contributed by atoms with Gasteiger partial charge in [-0.25, -0.2) is 4.79 Å². The van der Waals surface area contributed by atoms with E-state index in [2.05, 4.69) is 0 Å². The number of carbonyl (C=O) groups excluding carboxylic acids is 1. The summed E-state index contributed by atoms with van der Waals surface area (Å²) in [4.78, 5) is 26.6. The Labute approximate surface area is 177 Å². The molecular formula is C22H17NO4S2. The summed E-state index contributed by atoms with van der Waals surface area (Å²) in [5.74, 6) is -0.751. The highest BCUT2D eigenvalue weighted by Crippen LogP contribution is 2.39. The number of carboxylic acid groups (broad SMARTS) is 1. The fourth-order valence-corrected chi connectivity index (χ4v) is 4.63. The number of fused-ring (bicyclic) bond motifs is 1. The summed E-state index contributed by atoms with van der Waals surface area (Å²) < 4.78 is 6.15. The van der Waals surface area contributed by atoms with Crippen LogP contribution in [0.1, 0.15) is 24.1 Å². The van der Waals surface area contributed by atoms with E-state index in [1.165, 1.54) is 4.90 Å². The van der Waals surface area contributed by atoms with Crippen molar-refractivity contribution in [1.82, 2.24) is 4.90 Å². The predicted octanol–water partition coefficient (Wildman–Crippen LogP) is 4.42. The van der Waals surface area contributed by atoms with E-state index in [4.69, 9.17) is 17.0 Å². The Balaban J connectivity index is 1.68. The summed E-state index contributed by atoms with van der Waals surface area (Å²) in [7, 11) is 0. The highest BCUT2D eigenvalue weighted by molar-refractivity contribution is 8.26. The molecule has 0 radical (unpaired) electrons. The number of para-hydroxylation sites is 1. The second kappa shape index (κ2) is 7.85. The Morgan fingerprint density at radius 3 is 2.62 bits per heavy atom. The minimum atomic E-state index is -1.16. The first-order valence-electron chi connectivity index (χ1n) is 8.98. The molecule has 4 rings (SSSR count). The lowest BCUT2D eigenvalue weighted by molar-refractivity contribution is -0.145. The van der Waals surface area contributed by atoms with Crippen LogP contribution in [-0.2, 0) is 9.59 Å². The summed E-state index contributed by atoms with van der Waals surface area (Å²) in [6, 6.07) is 15.1. The number of ether oxygens (including phenoxy) is 1. The zero-order chi connectivity index (χ0) is 20.5. The van der Waals surface area contributed by atoms with E-state index in [0.29, 0.717) is 10.5 Å². The van der Waals surface area contributed by atoms with Gasteiger partial charge in [-0.05, 0) is 36.3 Å². The third-order valence-corrected chi connectivity index (χ3v) is 6.07. The summed E-state index contributed by atoms with van der Waals surface area (Å²) >= 11 is 6.47. The lowest BCUT2D eigenvalue weighted by atomic mass is 10.0. The van der Waals surface area contributed by atoms with Crippen LogP contribution < -0.4 is 4.74 Å². The molecule has 1 saturated heterocycles. The van der Waals surface area contributed by atoms with Crippen molar-refractivity contribution < 1.29 is 19.4 Å². The molecule has 0 aromatic heterocycles. The van der Waals surface area contributed by atoms with Crippen LogP contribution in [0.15, 0.2) is 71.2 Å². The van der Waals surface area contributed by atoms with Crippen LogP contribution in [-0.4, -0.2) is 32.3 Å². The van der Waals surface area contributed by atoms with Crippen molar-refractivity contribution in [1.29, 1.82) is 0 Å². The van der Waals surface area contributed by atoms with Gasteiger partial charge in [0.05, 0.1) is 4.91 Å². The highest BCUT2D eigenvalue weighted by atomic mass is 32.2. The molecule has 1 N–H and O–H groups in total. The van der Waals surface area contributed by atoms with Gasteiger partial charge in [0.15, 0.2) is 6.04 Å². The fraction of sp³-hybridized carbons (Fsp3) is 0.136. The minimum Gasteiger partial charge on any atom is -0.485 e. The van der Waals surface area contributed by atoms with Gasteiger partial charge < -0.3 is 9.84 Å². The van der Waals surface area contributed by atoms with E-state index in [1.54, 1.807) is 36.4 Å². The van der Waals surface area contributed by atoms with Crippen molar-refractivity contribution in [3.8, 4) is 5.75 Å². The van der Waals surface area contributed by atoms with Gasteiger partial charge >= 0.3 is 5.97 Å². The van der Waals surface area contributed by atoms with Crippen molar-refractivity contribution in [2.75, 3.05) is 0 Å². The molecule has 146 valence electrons. The van der Waals surface area contributed by atoms with Gasteiger partial charge in [-0.3, -0.25) is 9.69 Å². The molecule has 2 heterocycles. The standard InChI is InChI=1S/C22H17NO4S2/c1-13-16(11-15-9-5-6-10-17(15)27-13)12-18-20(24)23(22(28)29-18)19(21(25)26)14-7-3-2-4-8-14/h2-13,19H,1H3,(H,25,26)/b18-12-/t13-,19+/m1/s1. The maximum atomic E-state index is 13.1. The minimum absolute atomic E-state index is 0.225. The van der Waals surface area contributed by atoms with Crippen molar-refractivity contribution >= 4 is 46.3 Å². The Hall–Kier alpha value is -2.90. The monoisotopic (exact) mass is 423 g/mol. The molecule has 2 aromatic carbocycles. The van der Waals surface area contributed by atoms with Gasteiger partial charge in [0.25, 0.3) is 5.91 Å². The molecule has 1 fully saturated rings. The summed E-state index contributed by atoms with van der Waals surface area (Å²) in [6.07, 6.45) is 3.48. The van der Waals surface area contributed by atoms with Crippen LogP contribution in [0.5, 0.6) is 5.75 Å². The first kappa shape index (κ1) is 19.4. The van der Waals surface area contributed by atoms with Crippen molar-refractivity contribution in [2.24, 2.45) is 0 Å². The molecule has 7 heteroatoms. The van der Waals surface area contributed by atoms with Gasteiger partial charge in [-0.1, -0.05) is 72.5 Å². The van der Waals surface area contributed by atoms with Crippen LogP contribution in [0.25, 0.3) is 6.08 Å². The van der Waals surface area contributed by atoms with Crippen LogP contribution in [0.4, 0.5) is 0 Å². The maximum Gasteiger partial charge on any atom is 0.331 e. The third kappa shape index (κ3) is 3.71. The maximum absolute atomic E-state index is 13.1. The van der Waals surface area contributed by atoms with Gasteiger partial charge in [0, 0.05) is 5.56 Å². The number of hydrogen-bond donors (Lipinski definition) is 1. The Morgan fingerprint density at radius 2 is 1.90 bits per heavy atom. The van der Waals surface area contributed by atoms with Gasteiger partial charge in [-0.2, -0.15) is 0 Å². The molecule has 2 aromatic rings. The second-order valence-corrected chi connectivity index (χ2v) is 8.32. The smallest absolute Gasteiger partial charge is 0.331 e. The molecule has 5 nitrogen and oxygen atoms in total. The number of amides is 1. The van der Waals surface area contributed by atoms with E-state index >= 15 is 0 Å². The van der Waals surface area contributed by atoms with E-state index in [9.17, 15) is 14.7 Å². The zero-order valence-corrected chi connectivity index (χ0v) is 17.1. The number of nitrogens with zero attached hydrogens (tertiary/aromatic N) is 1. The van der Waals surface area contributed by atoms with Crippen LogP contribution in [0.2, 0.25) is 0 Å². The Morgan fingerprint density at radius 1 is 1.21 bits per heavy atom. The molecule has 0 unspecified atom stereocenters. The van der Waals surface area contributed by atoms with E-state index in [1.807, 2.05) is 37.3 Å². The van der Waals surface area contributed by atoms with Gasteiger partial charge in [-0.15, -0.1) is 0 Å². The predicted molar refractivity (Wildman–Crippen MR) is 116 cm³/mol. The first-order chi connectivity index (χ1) is 14.0. The van der Waals surface area contributed by atoms with E-state index < -0.39 is 17.9 Å². The second-order valence-electron chi connectivity index (χ2n) is 6.65. The molecule has 1 amide bonds. The number of aliphatic carboxylic acids is 1. The van der Waals surface area contributed by atoms with Crippen LogP contribution in [0.3, 0.4) is 0 Å². The molecule has 29 heavy (non-hydrogen) atoms. The topological polar surface area (TPSA) is 66.8 Å². The SMILES string of the molecule is C[C@H]1Oc2ccccc2C=C1/C=C1\SC(=S)N([C@H](C(=O)O)c2ccccc2)C1=O. The normalized spacial score (nSPS) is 20.9. The molecule has 0 spiro atoms. The number of benzene rings is 2. The third-order valence-electron chi connectivity index (χ3n) is 4.74. The average molecular weight is 424 g/mol. The van der Waals surface area contributed by atoms with Crippen LogP contribution >= 0.6 is 24.0 Å². The molecule has 0 aliphatic carbocycles. The van der Waals surface area contributed by atoms with E-state index in [0.717, 1.165) is 28.6 Å². The highest BCUT2D eigenvalue weighted by Gasteiger charge is 2.41. The van der Waals surface area contributed by atoms with Gasteiger partial charge in [0.1, 0.15) is 16.2 Å². The number of hydrogen-bond acceptors (Lipinski definition) is 5. The lowest BCUT2D eigenvalue weighted by Gasteiger charge is -2.24. The molecule has 2 atom stereocenters. The summed E-state index contributed by atoms with van der Waals surface area (Å²) in [6.45, 7) is 1.91.